The molecule has 0 aromatic heterocycles. The van der Waals surface area contributed by atoms with Gasteiger partial charge < -0.3 is 4.90 Å². The summed E-state index contributed by atoms with van der Waals surface area (Å²) >= 11 is 0. The predicted molar refractivity (Wildman–Crippen MR) is 104 cm³/mol. The molecule has 6 heteroatoms. The van der Waals surface area contributed by atoms with Crippen LogP contribution in [0.2, 0.25) is 0 Å². The van der Waals surface area contributed by atoms with E-state index in [2.05, 4.69) is 0 Å². The monoisotopic (exact) mass is 372 g/mol. The molecule has 1 amide bonds. The highest BCUT2D eigenvalue weighted by atomic mass is 32.2. The van der Waals surface area contributed by atoms with Crippen LogP contribution in [-0.4, -0.2) is 26.9 Å². The van der Waals surface area contributed by atoms with E-state index in [0.717, 1.165) is 16.8 Å². The Bertz CT molecular complexity index is 953. The van der Waals surface area contributed by atoms with Gasteiger partial charge in [0.1, 0.15) is 0 Å². The summed E-state index contributed by atoms with van der Waals surface area (Å²) in [6.07, 6.45) is 0.662. The van der Waals surface area contributed by atoms with Crippen LogP contribution in [0.4, 0.5) is 11.4 Å². The highest BCUT2D eigenvalue weighted by Crippen LogP contribution is 2.35. The summed E-state index contributed by atoms with van der Waals surface area (Å²) in [6, 6.07) is 12.6. The normalized spacial score (nSPS) is 16.5. The lowest BCUT2D eigenvalue weighted by Gasteiger charge is -2.24. The first-order chi connectivity index (χ1) is 12.3. The van der Waals surface area contributed by atoms with Crippen molar-refractivity contribution in [2.75, 3.05) is 15.7 Å². The fourth-order valence-corrected chi connectivity index (χ4v) is 5.17. The molecule has 0 saturated carbocycles. The summed E-state index contributed by atoms with van der Waals surface area (Å²) in [5.74, 6) is -0.0261. The van der Waals surface area contributed by atoms with Gasteiger partial charge in [-0.05, 0) is 68.7 Å². The van der Waals surface area contributed by atoms with E-state index in [1.54, 1.807) is 29.2 Å². The minimum absolute atomic E-state index is 0.0261. The molecule has 0 bridgehead atoms. The number of sulfonamides is 1. The fraction of sp³-hybridized carbons (Fsp3) is 0.350. The van der Waals surface area contributed by atoms with Crippen LogP contribution in [0.25, 0.3) is 0 Å². The van der Waals surface area contributed by atoms with E-state index in [-0.39, 0.29) is 16.8 Å². The zero-order valence-corrected chi connectivity index (χ0v) is 16.4. The standard InChI is InChI=1S/C20H24N2O3S/c1-5-21(18-8-6-7-14(2)11-18)26(24,25)19-9-10-20-17(13-19)12-15(3)22(20)16(4)23/h6-11,13,15H,5,12H2,1-4H3/t15-/m0/s1. The first-order valence-corrected chi connectivity index (χ1v) is 10.2. The van der Waals surface area contributed by atoms with E-state index in [4.69, 9.17) is 0 Å². The second-order valence-electron chi connectivity index (χ2n) is 6.74. The van der Waals surface area contributed by atoms with E-state index < -0.39 is 10.0 Å². The average Bonchev–Trinajstić information content (AvgIpc) is 2.90. The molecule has 3 rings (SSSR count). The maximum atomic E-state index is 13.2. The molecule has 5 nitrogen and oxygen atoms in total. The molecular formula is C20H24N2O3S. The van der Waals surface area contributed by atoms with Gasteiger partial charge in [0.05, 0.1) is 10.6 Å². The molecule has 0 N–H and O–H groups in total. The molecule has 0 unspecified atom stereocenters. The third-order valence-electron chi connectivity index (χ3n) is 4.77. The summed E-state index contributed by atoms with van der Waals surface area (Å²) < 4.78 is 27.9. The third-order valence-corrected chi connectivity index (χ3v) is 6.67. The lowest BCUT2D eigenvalue weighted by Crippen LogP contribution is -2.33. The molecule has 138 valence electrons. The van der Waals surface area contributed by atoms with Crippen LogP contribution in [0.3, 0.4) is 0 Å². The van der Waals surface area contributed by atoms with Crippen molar-refractivity contribution < 1.29 is 13.2 Å². The van der Waals surface area contributed by atoms with Crippen molar-refractivity contribution in [2.45, 2.75) is 45.1 Å². The second kappa shape index (κ2) is 6.76. The molecule has 0 fully saturated rings. The number of benzene rings is 2. The van der Waals surface area contributed by atoms with Crippen molar-refractivity contribution >= 4 is 27.3 Å². The molecule has 1 aliphatic rings. The van der Waals surface area contributed by atoms with Gasteiger partial charge in [0.25, 0.3) is 10.0 Å². The molecule has 1 heterocycles. The zero-order valence-electron chi connectivity index (χ0n) is 15.6. The quantitative estimate of drug-likeness (QED) is 0.825. The van der Waals surface area contributed by atoms with Crippen molar-refractivity contribution in [2.24, 2.45) is 0 Å². The van der Waals surface area contributed by atoms with Crippen molar-refractivity contribution in [3.63, 3.8) is 0 Å². The Hall–Kier alpha value is -2.34. The van der Waals surface area contributed by atoms with Gasteiger partial charge in [-0.2, -0.15) is 0 Å². The highest BCUT2D eigenvalue weighted by Gasteiger charge is 2.31. The molecule has 0 radical (unpaired) electrons. The molecule has 1 atom stereocenters. The summed E-state index contributed by atoms with van der Waals surface area (Å²) in [4.78, 5) is 13.9. The third kappa shape index (κ3) is 3.09. The lowest BCUT2D eigenvalue weighted by atomic mass is 10.1. The van der Waals surface area contributed by atoms with Crippen molar-refractivity contribution in [1.29, 1.82) is 0 Å². The summed E-state index contributed by atoms with van der Waals surface area (Å²) in [6.45, 7) is 7.62. The molecule has 0 saturated heterocycles. The van der Waals surface area contributed by atoms with Crippen molar-refractivity contribution in [3.05, 3.63) is 53.6 Å². The number of carbonyl (C=O) groups excluding carboxylic acids is 1. The van der Waals surface area contributed by atoms with E-state index in [0.29, 0.717) is 18.7 Å². The molecule has 2 aromatic carbocycles. The van der Waals surface area contributed by atoms with Crippen LogP contribution in [-0.2, 0) is 21.2 Å². The Morgan fingerprint density at radius 1 is 1.23 bits per heavy atom. The second-order valence-corrected chi connectivity index (χ2v) is 8.60. The first kappa shape index (κ1) is 18.5. The molecule has 0 aliphatic carbocycles. The summed E-state index contributed by atoms with van der Waals surface area (Å²) in [7, 11) is -3.67. The number of amides is 1. The molecule has 0 spiro atoms. The Kier molecular flexibility index (Phi) is 4.80. The van der Waals surface area contributed by atoms with Gasteiger partial charge in [-0.25, -0.2) is 8.42 Å². The van der Waals surface area contributed by atoms with Gasteiger partial charge in [-0.3, -0.25) is 9.10 Å². The number of carbonyl (C=O) groups is 1. The van der Waals surface area contributed by atoms with E-state index in [1.807, 2.05) is 39.0 Å². The van der Waals surface area contributed by atoms with E-state index in [9.17, 15) is 13.2 Å². The van der Waals surface area contributed by atoms with Crippen LogP contribution in [0.5, 0.6) is 0 Å². The maximum Gasteiger partial charge on any atom is 0.264 e. The number of aryl methyl sites for hydroxylation is 1. The predicted octanol–water partition coefficient (Wildman–Crippen LogP) is 3.51. The molecule has 2 aromatic rings. The minimum atomic E-state index is -3.67. The van der Waals surface area contributed by atoms with E-state index in [1.165, 1.54) is 11.2 Å². The Morgan fingerprint density at radius 3 is 2.58 bits per heavy atom. The zero-order chi connectivity index (χ0) is 19.1. The Balaban J connectivity index is 2.03. The van der Waals surface area contributed by atoms with Crippen molar-refractivity contribution in [3.8, 4) is 0 Å². The van der Waals surface area contributed by atoms with Gasteiger partial charge in [0.15, 0.2) is 0 Å². The number of fused-ring (bicyclic) bond motifs is 1. The maximum absolute atomic E-state index is 13.2. The van der Waals surface area contributed by atoms with Crippen molar-refractivity contribution in [1.82, 2.24) is 0 Å². The van der Waals surface area contributed by atoms with Crippen LogP contribution >= 0.6 is 0 Å². The number of hydrogen-bond acceptors (Lipinski definition) is 3. The van der Waals surface area contributed by atoms with Crippen LogP contribution in [0, 0.1) is 6.92 Å². The summed E-state index contributed by atoms with van der Waals surface area (Å²) in [5, 5.41) is 0. The van der Waals surface area contributed by atoms with Gasteiger partial charge in [-0.15, -0.1) is 0 Å². The first-order valence-electron chi connectivity index (χ1n) is 8.78. The number of hydrogen-bond donors (Lipinski definition) is 0. The SMILES string of the molecule is CCN(c1cccc(C)c1)S(=O)(=O)c1ccc2c(c1)C[C@H](C)N2C(C)=O. The Morgan fingerprint density at radius 2 is 1.96 bits per heavy atom. The van der Waals surface area contributed by atoms with Gasteiger partial charge in [0.2, 0.25) is 5.91 Å². The highest BCUT2D eigenvalue weighted by molar-refractivity contribution is 7.92. The summed E-state index contributed by atoms with van der Waals surface area (Å²) in [5.41, 5.74) is 3.37. The van der Waals surface area contributed by atoms with Gasteiger partial charge in [-0.1, -0.05) is 12.1 Å². The molecule has 1 aliphatic heterocycles. The number of anilines is 2. The van der Waals surface area contributed by atoms with Crippen LogP contribution < -0.4 is 9.21 Å². The van der Waals surface area contributed by atoms with Crippen LogP contribution in [0.1, 0.15) is 31.9 Å². The lowest BCUT2D eigenvalue weighted by molar-refractivity contribution is -0.116. The van der Waals surface area contributed by atoms with Gasteiger partial charge >= 0.3 is 0 Å². The van der Waals surface area contributed by atoms with E-state index >= 15 is 0 Å². The largest absolute Gasteiger partial charge is 0.309 e. The Labute approximate surface area is 155 Å². The molecule has 26 heavy (non-hydrogen) atoms. The number of rotatable bonds is 4. The smallest absolute Gasteiger partial charge is 0.264 e. The number of nitrogens with zero attached hydrogens (tertiary/aromatic N) is 2. The van der Waals surface area contributed by atoms with Gasteiger partial charge in [0, 0.05) is 25.2 Å². The fourth-order valence-electron chi connectivity index (χ4n) is 3.65. The van der Waals surface area contributed by atoms with Crippen LogP contribution in [0.15, 0.2) is 47.4 Å². The average molecular weight is 372 g/mol. The topological polar surface area (TPSA) is 57.7 Å². The minimum Gasteiger partial charge on any atom is -0.309 e. The molecular weight excluding hydrogens is 348 g/mol.